The van der Waals surface area contributed by atoms with Gasteiger partial charge >= 0.3 is 5.97 Å². The molecule has 0 aromatic carbocycles. The van der Waals surface area contributed by atoms with Crippen molar-refractivity contribution in [2.45, 2.75) is 373 Å². The quantitative estimate of drug-likeness (QED) is 0.0212. The summed E-state index contributed by atoms with van der Waals surface area (Å²) in [6.07, 6.45) is 92.9. The van der Waals surface area contributed by atoms with E-state index in [0.717, 1.165) is 89.9 Å². The molecule has 1 N–H and O–H groups in total. The van der Waals surface area contributed by atoms with Crippen LogP contribution in [0.3, 0.4) is 0 Å². The first-order valence-electron chi connectivity index (χ1n) is 38.4. The molecule has 0 spiro atoms. The molecule has 10 heteroatoms. The number of hydrogen-bond donors (Lipinski definition) is 1. The Morgan fingerprint density at radius 1 is 0.389 bits per heavy atom. The molecule has 0 saturated carbocycles. The molecule has 0 heterocycles. The number of phosphoric ester groups is 1. The lowest BCUT2D eigenvalue weighted by Gasteiger charge is -2.30. The fourth-order valence-electron chi connectivity index (χ4n) is 11.1. The van der Waals surface area contributed by atoms with Gasteiger partial charge in [-0.25, -0.2) is 0 Å². The third-order valence-corrected chi connectivity index (χ3v) is 18.0. The summed E-state index contributed by atoms with van der Waals surface area (Å²) in [4.78, 5) is 40.3. The van der Waals surface area contributed by atoms with E-state index in [9.17, 15) is 19.0 Å². The largest absolute Gasteiger partial charge is 0.756 e. The zero-order chi connectivity index (χ0) is 65.6. The van der Waals surface area contributed by atoms with Crippen molar-refractivity contribution in [2.24, 2.45) is 0 Å². The molecular weight excluding hydrogens is 1130 g/mol. The summed E-state index contributed by atoms with van der Waals surface area (Å²) >= 11 is 0. The molecule has 0 aliphatic carbocycles. The predicted octanol–water partition coefficient (Wildman–Crippen LogP) is 24.2. The number of hydrogen-bond acceptors (Lipinski definition) is 7. The van der Waals surface area contributed by atoms with E-state index in [2.05, 4.69) is 99.0 Å². The van der Waals surface area contributed by atoms with Crippen molar-refractivity contribution in [3.8, 4) is 0 Å². The highest BCUT2D eigenvalue weighted by atomic mass is 31.2. The van der Waals surface area contributed by atoms with E-state index in [4.69, 9.17) is 13.8 Å². The van der Waals surface area contributed by atoms with Gasteiger partial charge in [0.2, 0.25) is 5.91 Å². The van der Waals surface area contributed by atoms with Gasteiger partial charge in [0.1, 0.15) is 19.3 Å². The molecule has 0 aromatic rings. The maximum atomic E-state index is 13.6. The summed E-state index contributed by atoms with van der Waals surface area (Å²) in [5, 5.41) is 3.05. The van der Waals surface area contributed by atoms with E-state index < -0.39 is 20.0 Å². The van der Waals surface area contributed by atoms with Crippen LogP contribution in [0.2, 0.25) is 0 Å². The van der Waals surface area contributed by atoms with Crippen molar-refractivity contribution in [2.75, 3.05) is 40.9 Å². The number of unbranched alkanes of at least 4 members (excludes halogenated alkanes) is 42. The van der Waals surface area contributed by atoms with Gasteiger partial charge in [0.15, 0.2) is 0 Å². The molecule has 3 atom stereocenters. The molecule has 0 aliphatic rings. The highest BCUT2D eigenvalue weighted by molar-refractivity contribution is 7.45. The minimum Gasteiger partial charge on any atom is -0.756 e. The molecular formula is C80H147N2O7P. The normalized spacial score (nSPS) is 13.9. The summed E-state index contributed by atoms with van der Waals surface area (Å²) in [7, 11) is 1.19. The summed E-state index contributed by atoms with van der Waals surface area (Å²) in [6, 6.07) is -0.894. The van der Waals surface area contributed by atoms with Crippen LogP contribution in [-0.2, 0) is 27.9 Å². The second-order valence-corrected chi connectivity index (χ2v) is 28.6. The average molecular weight is 1280 g/mol. The van der Waals surface area contributed by atoms with E-state index >= 15 is 0 Å². The maximum Gasteiger partial charge on any atom is 0.306 e. The maximum absolute atomic E-state index is 13.6. The first-order valence-corrected chi connectivity index (χ1v) is 39.9. The van der Waals surface area contributed by atoms with E-state index in [0.29, 0.717) is 17.4 Å². The second kappa shape index (κ2) is 69.0. The number of nitrogens with zero attached hydrogens (tertiary/aromatic N) is 1. The van der Waals surface area contributed by atoms with Gasteiger partial charge in [-0.1, -0.05) is 324 Å². The number of allylic oxidation sites excluding steroid dienone is 13. The van der Waals surface area contributed by atoms with Crippen LogP contribution < -0.4 is 10.2 Å². The number of phosphoric acid groups is 1. The molecule has 9 nitrogen and oxygen atoms in total. The van der Waals surface area contributed by atoms with Gasteiger partial charge < -0.3 is 28.5 Å². The molecule has 0 radical (unpaired) electrons. The van der Waals surface area contributed by atoms with Gasteiger partial charge in [-0.3, -0.25) is 14.2 Å². The third-order valence-electron chi connectivity index (χ3n) is 17.0. The van der Waals surface area contributed by atoms with Gasteiger partial charge in [0.05, 0.1) is 33.8 Å². The highest BCUT2D eigenvalue weighted by Crippen LogP contribution is 2.38. The van der Waals surface area contributed by atoms with Crippen LogP contribution in [0.25, 0.3) is 0 Å². The van der Waals surface area contributed by atoms with E-state index in [-0.39, 0.29) is 31.5 Å². The number of amides is 1. The van der Waals surface area contributed by atoms with Gasteiger partial charge in [-0.15, -0.1) is 0 Å². The number of carbonyl (C=O) groups is 2. The molecule has 0 aliphatic heterocycles. The van der Waals surface area contributed by atoms with Crippen molar-refractivity contribution in [3.05, 3.63) is 85.1 Å². The zero-order valence-corrected chi connectivity index (χ0v) is 61.0. The fourth-order valence-corrected chi connectivity index (χ4v) is 11.9. The number of quaternary nitrogens is 1. The van der Waals surface area contributed by atoms with Gasteiger partial charge in [-0.05, 0) is 109 Å². The number of esters is 1. The molecule has 0 bridgehead atoms. The van der Waals surface area contributed by atoms with Crippen LogP contribution in [0.15, 0.2) is 85.1 Å². The van der Waals surface area contributed by atoms with Crippen LogP contribution in [0.4, 0.5) is 0 Å². The second-order valence-electron chi connectivity index (χ2n) is 27.1. The van der Waals surface area contributed by atoms with Crippen LogP contribution >= 0.6 is 7.82 Å². The van der Waals surface area contributed by atoms with Crippen LogP contribution in [0.1, 0.15) is 361 Å². The Kier molecular flexibility index (Phi) is 66.9. The number of carbonyl (C=O) groups excluding carboxylic acids is 2. The van der Waals surface area contributed by atoms with Crippen molar-refractivity contribution < 1.29 is 37.3 Å². The summed E-state index contributed by atoms with van der Waals surface area (Å²) in [5.74, 6) is -0.533. The van der Waals surface area contributed by atoms with Crippen LogP contribution in [0.5, 0.6) is 0 Å². The minimum absolute atomic E-state index is 0.0243. The van der Waals surface area contributed by atoms with Crippen LogP contribution in [0, 0.1) is 0 Å². The number of rotatable bonds is 70. The SMILES string of the molecule is CCCCC/C=C\C/C=C\C/C=C\C/C=C\CCCCCCCCCCCCCC(=O)NC(COP(=O)([O-])OCC[N+](C)(C)C)C(/C=C/CCCCCCCCCCCC)OC(=O)CCCCCCCCCCCCCCCCC/C=C\C/C=C\CCCCC. The first kappa shape index (κ1) is 87.2. The molecule has 3 unspecified atom stereocenters. The van der Waals surface area contributed by atoms with Crippen molar-refractivity contribution in [1.29, 1.82) is 0 Å². The monoisotopic (exact) mass is 1280 g/mol. The zero-order valence-electron chi connectivity index (χ0n) is 60.1. The van der Waals surface area contributed by atoms with Gasteiger partial charge in [-0.2, -0.15) is 0 Å². The Hall–Kier alpha value is -2.81. The first-order chi connectivity index (χ1) is 43.9. The molecule has 90 heavy (non-hydrogen) atoms. The van der Waals surface area contributed by atoms with Crippen molar-refractivity contribution >= 4 is 19.7 Å². The van der Waals surface area contributed by atoms with E-state index in [1.165, 1.54) is 238 Å². The van der Waals surface area contributed by atoms with E-state index in [1.807, 2.05) is 33.3 Å². The summed E-state index contributed by atoms with van der Waals surface area (Å²) in [6.45, 7) is 6.83. The van der Waals surface area contributed by atoms with Crippen molar-refractivity contribution in [1.82, 2.24) is 5.32 Å². The lowest BCUT2D eigenvalue weighted by atomic mass is 10.0. The molecule has 1 amide bonds. The molecule has 0 aromatic heterocycles. The average Bonchev–Trinajstić information content (AvgIpc) is 3.04. The Morgan fingerprint density at radius 2 is 0.678 bits per heavy atom. The lowest BCUT2D eigenvalue weighted by Crippen LogP contribution is -2.47. The molecule has 0 rings (SSSR count). The topological polar surface area (TPSA) is 114 Å². The predicted molar refractivity (Wildman–Crippen MR) is 390 cm³/mol. The smallest absolute Gasteiger partial charge is 0.306 e. The Morgan fingerprint density at radius 3 is 1.03 bits per heavy atom. The van der Waals surface area contributed by atoms with E-state index in [1.54, 1.807) is 0 Å². The third kappa shape index (κ3) is 69.5. The molecule has 0 saturated heterocycles. The Bertz CT molecular complexity index is 1810. The van der Waals surface area contributed by atoms with Gasteiger partial charge in [0.25, 0.3) is 7.82 Å². The summed E-state index contributed by atoms with van der Waals surface area (Å²) in [5.41, 5.74) is 0. The minimum atomic E-state index is -4.71. The van der Waals surface area contributed by atoms with Gasteiger partial charge in [0, 0.05) is 12.8 Å². The van der Waals surface area contributed by atoms with Crippen molar-refractivity contribution in [3.63, 3.8) is 0 Å². The molecule has 524 valence electrons. The Balaban J connectivity index is 4.97. The standard InChI is InChI=1S/C80H147N2O7P/c1-7-10-13-16-19-22-25-28-30-32-34-36-38-40-41-43-44-46-48-50-52-54-57-60-63-66-69-72-79(83)81-77(76-88-90(85,86)87-75-74-82(4,5)6)78(71-68-65-62-59-56-27-24-21-18-15-12-9-3)89-80(84)73-70-67-64-61-58-55-53-51-49-47-45-42-39-37-35-33-31-29-26-23-20-17-14-11-8-2/h19-20,22-23,28-31,34,36,40-41,68,71,77-78H,7-18,21,24-27,32-33,35,37-39,42-67,69-70,72-76H2,1-6H3,(H-,81,83,85,86)/b22-19-,23-20-,30-28-,31-29-,36-34-,41-40-,71-68+. The van der Waals surface area contributed by atoms with Crippen LogP contribution in [-0.4, -0.2) is 69.4 Å². The molecule has 0 fully saturated rings. The lowest BCUT2D eigenvalue weighted by molar-refractivity contribution is -0.870. The fraction of sp³-hybridized carbons (Fsp3) is 0.800. The Labute approximate surface area is 558 Å². The highest BCUT2D eigenvalue weighted by Gasteiger charge is 2.27. The number of likely N-dealkylation sites (N-methyl/N-ethyl adjacent to an activating group) is 1. The summed E-state index contributed by atoms with van der Waals surface area (Å²) < 4.78 is 30.5. The number of nitrogens with one attached hydrogen (secondary N) is 1. The number of ether oxygens (including phenoxy) is 1.